The van der Waals surface area contributed by atoms with E-state index in [1.165, 1.54) is 12.3 Å². The molecule has 4 N–H and O–H groups in total. The van der Waals surface area contributed by atoms with E-state index in [1.54, 1.807) is 0 Å². The molecule has 0 radical (unpaired) electrons. The number of nitrogens with two attached hydrogens (primary N) is 2. The SMILES string of the molecule is NC(=O)c1cc(N)cnc1Br. The Morgan fingerprint density at radius 3 is 2.73 bits per heavy atom. The molecule has 0 unspecified atom stereocenters. The highest BCUT2D eigenvalue weighted by atomic mass is 79.9. The molecule has 0 spiro atoms. The summed E-state index contributed by atoms with van der Waals surface area (Å²) >= 11 is 3.06. The topological polar surface area (TPSA) is 82.0 Å². The van der Waals surface area contributed by atoms with Crippen molar-refractivity contribution in [3.63, 3.8) is 0 Å². The second-order valence-electron chi connectivity index (χ2n) is 1.97. The maximum Gasteiger partial charge on any atom is 0.251 e. The molecule has 1 aromatic heterocycles. The van der Waals surface area contributed by atoms with E-state index in [0.717, 1.165) is 0 Å². The number of anilines is 1. The van der Waals surface area contributed by atoms with Crippen molar-refractivity contribution in [2.75, 3.05) is 5.73 Å². The zero-order chi connectivity index (χ0) is 8.43. The number of primary amides is 1. The number of aromatic nitrogens is 1. The van der Waals surface area contributed by atoms with Crippen LogP contribution in [0.15, 0.2) is 16.9 Å². The molecule has 0 aromatic carbocycles. The summed E-state index contributed by atoms with van der Waals surface area (Å²) in [6.07, 6.45) is 1.44. The van der Waals surface area contributed by atoms with E-state index in [1.807, 2.05) is 0 Å². The van der Waals surface area contributed by atoms with Crippen LogP contribution in [0, 0.1) is 0 Å². The summed E-state index contributed by atoms with van der Waals surface area (Å²) in [7, 11) is 0. The average Bonchev–Trinajstić information content (AvgIpc) is 1.94. The summed E-state index contributed by atoms with van der Waals surface area (Å²) in [4.78, 5) is 14.5. The number of nitrogens with zero attached hydrogens (tertiary/aromatic N) is 1. The van der Waals surface area contributed by atoms with Crippen molar-refractivity contribution in [2.24, 2.45) is 5.73 Å². The average molecular weight is 216 g/mol. The second-order valence-corrected chi connectivity index (χ2v) is 2.72. The van der Waals surface area contributed by atoms with Crippen LogP contribution in [-0.4, -0.2) is 10.9 Å². The summed E-state index contributed by atoms with van der Waals surface area (Å²) in [5.41, 5.74) is 11.1. The van der Waals surface area contributed by atoms with Crippen LogP contribution in [0.25, 0.3) is 0 Å². The van der Waals surface area contributed by atoms with E-state index in [2.05, 4.69) is 20.9 Å². The predicted molar refractivity (Wildman–Crippen MR) is 44.9 cm³/mol. The summed E-state index contributed by atoms with van der Waals surface area (Å²) in [5.74, 6) is -0.545. The third-order valence-electron chi connectivity index (χ3n) is 1.13. The molecule has 1 amide bonds. The molecule has 1 heterocycles. The first-order chi connectivity index (χ1) is 5.11. The Morgan fingerprint density at radius 2 is 2.27 bits per heavy atom. The zero-order valence-corrected chi connectivity index (χ0v) is 7.13. The molecular formula is C6H6BrN3O. The monoisotopic (exact) mass is 215 g/mol. The third kappa shape index (κ3) is 1.68. The molecule has 0 fully saturated rings. The van der Waals surface area contributed by atoms with E-state index in [4.69, 9.17) is 11.5 Å². The molecule has 1 rings (SSSR count). The quantitative estimate of drug-likeness (QED) is 0.671. The van der Waals surface area contributed by atoms with Gasteiger partial charge in [0.15, 0.2) is 0 Å². The number of carbonyl (C=O) groups excluding carboxylic acids is 1. The van der Waals surface area contributed by atoms with Crippen molar-refractivity contribution in [2.45, 2.75) is 0 Å². The van der Waals surface area contributed by atoms with Crippen LogP contribution in [0.1, 0.15) is 10.4 Å². The maximum atomic E-state index is 10.7. The van der Waals surface area contributed by atoms with Gasteiger partial charge in [0, 0.05) is 0 Å². The molecule has 0 atom stereocenters. The summed E-state index contributed by atoms with van der Waals surface area (Å²) in [6.45, 7) is 0. The van der Waals surface area contributed by atoms with Gasteiger partial charge in [-0.25, -0.2) is 4.98 Å². The number of rotatable bonds is 1. The van der Waals surface area contributed by atoms with Crippen LogP contribution in [-0.2, 0) is 0 Å². The molecule has 4 nitrogen and oxygen atoms in total. The zero-order valence-electron chi connectivity index (χ0n) is 5.54. The van der Waals surface area contributed by atoms with Crippen LogP contribution < -0.4 is 11.5 Å². The molecular weight excluding hydrogens is 210 g/mol. The fraction of sp³-hybridized carbons (Fsp3) is 0. The van der Waals surface area contributed by atoms with Gasteiger partial charge in [-0.05, 0) is 22.0 Å². The van der Waals surface area contributed by atoms with Gasteiger partial charge in [-0.15, -0.1) is 0 Å². The van der Waals surface area contributed by atoms with E-state index in [9.17, 15) is 4.79 Å². The molecule has 0 aliphatic rings. The molecule has 11 heavy (non-hydrogen) atoms. The fourth-order valence-corrected chi connectivity index (χ4v) is 1.05. The molecule has 0 bridgehead atoms. The first-order valence-corrected chi connectivity index (χ1v) is 3.61. The fourth-order valence-electron chi connectivity index (χ4n) is 0.637. The van der Waals surface area contributed by atoms with Gasteiger partial charge in [0.1, 0.15) is 4.60 Å². The van der Waals surface area contributed by atoms with Gasteiger partial charge in [-0.2, -0.15) is 0 Å². The molecule has 0 aliphatic heterocycles. The lowest BCUT2D eigenvalue weighted by Gasteiger charge is -1.98. The number of nitrogen functional groups attached to an aromatic ring is 1. The lowest BCUT2D eigenvalue weighted by Crippen LogP contribution is -2.12. The first kappa shape index (κ1) is 8.00. The van der Waals surface area contributed by atoms with Crippen molar-refractivity contribution in [1.29, 1.82) is 0 Å². The van der Waals surface area contributed by atoms with E-state index in [-0.39, 0.29) is 0 Å². The van der Waals surface area contributed by atoms with Gasteiger partial charge >= 0.3 is 0 Å². The van der Waals surface area contributed by atoms with Crippen LogP contribution >= 0.6 is 15.9 Å². The minimum absolute atomic E-state index is 0.296. The summed E-state index contributed by atoms with van der Waals surface area (Å²) in [6, 6.07) is 1.47. The molecule has 1 aromatic rings. The number of amides is 1. The number of hydrogen-bond donors (Lipinski definition) is 2. The van der Waals surface area contributed by atoms with Gasteiger partial charge in [-0.1, -0.05) is 0 Å². The molecule has 58 valence electrons. The van der Waals surface area contributed by atoms with Crippen LogP contribution in [0.5, 0.6) is 0 Å². The molecule has 0 saturated heterocycles. The predicted octanol–water partition coefficient (Wildman–Crippen LogP) is 0.525. The Balaban J connectivity index is 3.23. The van der Waals surface area contributed by atoms with Crippen LogP contribution in [0.2, 0.25) is 0 Å². The van der Waals surface area contributed by atoms with Crippen molar-refractivity contribution in [3.8, 4) is 0 Å². The Labute approximate surface area is 71.7 Å². The minimum atomic E-state index is -0.545. The Morgan fingerprint density at radius 1 is 1.64 bits per heavy atom. The van der Waals surface area contributed by atoms with E-state index < -0.39 is 5.91 Å². The Kier molecular flexibility index (Phi) is 2.09. The number of pyridine rings is 1. The van der Waals surface area contributed by atoms with Gasteiger partial charge in [0.2, 0.25) is 0 Å². The van der Waals surface area contributed by atoms with E-state index >= 15 is 0 Å². The second kappa shape index (κ2) is 2.87. The first-order valence-electron chi connectivity index (χ1n) is 2.82. The van der Waals surface area contributed by atoms with Gasteiger partial charge in [0.25, 0.3) is 5.91 Å². The van der Waals surface area contributed by atoms with Crippen LogP contribution in [0.3, 0.4) is 0 Å². The normalized spacial score (nSPS) is 9.55. The third-order valence-corrected chi connectivity index (χ3v) is 1.76. The highest BCUT2D eigenvalue weighted by Gasteiger charge is 2.06. The largest absolute Gasteiger partial charge is 0.397 e. The highest BCUT2D eigenvalue weighted by Crippen LogP contribution is 2.14. The van der Waals surface area contributed by atoms with Gasteiger partial charge in [-0.3, -0.25) is 4.79 Å². The van der Waals surface area contributed by atoms with Crippen LogP contribution in [0.4, 0.5) is 5.69 Å². The lowest BCUT2D eigenvalue weighted by molar-refractivity contribution is 0.0999. The Hall–Kier alpha value is -1.10. The molecule has 5 heteroatoms. The van der Waals surface area contributed by atoms with Gasteiger partial charge < -0.3 is 11.5 Å². The maximum absolute atomic E-state index is 10.7. The summed E-state index contributed by atoms with van der Waals surface area (Å²) < 4.78 is 0.416. The Bertz CT molecular complexity index is 300. The minimum Gasteiger partial charge on any atom is -0.397 e. The number of hydrogen-bond acceptors (Lipinski definition) is 3. The van der Waals surface area contributed by atoms with Gasteiger partial charge in [0.05, 0.1) is 17.4 Å². The standard InChI is InChI=1S/C6H6BrN3O/c7-5-4(6(9)11)1-3(8)2-10-5/h1-2H,8H2,(H2,9,11). The van der Waals surface area contributed by atoms with Crippen molar-refractivity contribution >= 4 is 27.5 Å². The smallest absolute Gasteiger partial charge is 0.251 e. The molecule has 0 aliphatic carbocycles. The lowest BCUT2D eigenvalue weighted by atomic mass is 10.2. The van der Waals surface area contributed by atoms with Crippen molar-refractivity contribution < 1.29 is 4.79 Å². The highest BCUT2D eigenvalue weighted by molar-refractivity contribution is 9.10. The number of halogens is 1. The number of carbonyl (C=O) groups is 1. The van der Waals surface area contributed by atoms with Crippen molar-refractivity contribution in [3.05, 3.63) is 22.4 Å². The molecule has 0 saturated carbocycles. The van der Waals surface area contributed by atoms with Crippen molar-refractivity contribution in [1.82, 2.24) is 4.98 Å². The summed E-state index contributed by atoms with van der Waals surface area (Å²) in [5, 5.41) is 0. The van der Waals surface area contributed by atoms with E-state index in [0.29, 0.717) is 15.9 Å².